The predicted molar refractivity (Wildman–Crippen MR) is 109 cm³/mol. The van der Waals surface area contributed by atoms with Crippen molar-refractivity contribution in [3.05, 3.63) is 42.0 Å². The molecule has 1 aliphatic carbocycles. The Morgan fingerprint density at radius 1 is 1.34 bits per heavy atom. The SMILES string of the molecule is CO[C@@H](C)C12CC(C[C@H](C)C1)N2C(=O)Nc1ccc(C)c(-c2ncc(F)cn2)c1. The van der Waals surface area contributed by atoms with Gasteiger partial charge in [-0.2, -0.15) is 0 Å². The second-order valence-corrected chi connectivity index (χ2v) is 8.44. The molecule has 29 heavy (non-hydrogen) atoms. The van der Waals surface area contributed by atoms with E-state index in [4.69, 9.17) is 4.74 Å². The number of rotatable bonds is 4. The number of halogens is 1. The molecule has 1 aliphatic heterocycles. The second kappa shape index (κ2) is 7.37. The van der Waals surface area contributed by atoms with E-state index >= 15 is 0 Å². The molecule has 2 fully saturated rings. The zero-order valence-corrected chi connectivity index (χ0v) is 17.3. The van der Waals surface area contributed by atoms with E-state index in [0.29, 0.717) is 17.4 Å². The monoisotopic (exact) mass is 398 g/mol. The topological polar surface area (TPSA) is 67.3 Å². The molecule has 6 nitrogen and oxygen atoms in total. The van der Waals surface area contributed by atoms with E-state index < -0.39 is 5.82 Å². The summed E-state index contributed by atoms with van der Waals surface area (Å²) in [7, 11) is 1.71. The number of benzene rings is 1. The number of nitrogens with zero attached hydrogens (tertiary/aromatic N) is 3. The van der Waals surface area contributed by atoms with E-state index in [2.05, 4.69) is 22.2 Å². The first-order chi connectivity index (χ1) is 13.8. The lowest BCUT2D eigenvalue weighted by Crippen LogP contribution is -2.76. The van der Waals surface area contributed by atoms with Gasteiger partial charge >= 0.3 is 6.03 Å². The van der Waals surface area contributed by atoms with Gasteiger partial charge in [-0.25, -0.2) is 19.2 Å². The zero-order valence-electron chi connectivity index (χ0n) is 17.3. The van der Waals surface area contributed by atoms with Crippen LogP contribution in [0.3, 0.4) is 0 Å². The fourth-order valence-corrected chi connectivity index (χ4v) is 5.06. The Kier molecular flexibility index (Phi) is 5.02. The summed E-state index contributed by atoms with van der Waals surface area (Å²) in [6.07, 6.45) is 5.23. The third-order valence-corrected chi connectivity index (χ3v) is 6.49. The van der Waals surface area contributed by atoms with Crippen molar-refractivity contribution in [3.63, 3.8) is 0 Å². The largest absolute Gasteiger partial charge is 0.379 e. The summed E-state index contributed by atoms with van der Waals surface area (Å²) in [6, 6.07) is 5.76. The summed E-state index contributed by atoms with van der Waals surface area (Å²) in [5.41, 5.74) is 2.14. The lowest BCUT2D eigenvalue weighted by atomic mass is 9.62. The van der Waals surface area contributed by atoms with Crippen LogP contribution in [0, 0.1) is 18.7 Å². The number of aryl methyl sites for hydroxylation is 1. The number of anilines is 1. The van der Waals surface area contributed by atoms with Crippen LogP contribution in [0.4, 0.5) is 14.9 Å². The van der Waals surface area contributed by atoms with Gasteiger partial charge in [-0.3, -0.25) is 0 Å². The third-order valence-electron chi connectivity index (χ3n) is 6.49. The fraction of sp³-hybridized carbons (Fsp3) is 0.500. The van der Waals surface area contributed by atoms with E-state index in [9.17, 15) is 9.18 Å². The number of methoxy groups -OCH3 is 1. The molecule has 4 rings (SSSR count). The van der Waals surface area contributed by atoms with Gasteiger partial charge in [-0.1, -0.05) is 13.0 Å². The molecule has 154 valence electrons. The maximum atomic E-state index is 13.2. The minimum absolute atomic E-state index is 0.0200. The fourth-order valence-electron chi connectivity index (χ4n) is 5.06. The van der Waals surface area contributed by atoms with Crippen LogP contribution in [-0.2, 0) is 4.74 Å². The van der Waals surface area contributed by atoms with Crippen molar-refractivity contribution in [3.8, 4) is 11.4 Å². The summed E-state index contributed by atoms with van der Waals surface area (Å²) < 4.78 is 18.8. The highest BCUT2D eigenvalue weighted by Crippen LogP contribution is 2.52. The van der Waals surface area contributed by atoms with Crippen molar-refractivity contribution in [1.29, 1.82) is 0 Å². The predicted octanol–water partition coefficient (Wildman–Crippen LogP) is 4.40. The van der Waals surface area contributed by atoms with Crippen molar-refractivity contribution in [2.24, 2.45) is 5.92 Å². The van der Waals surface area contributed by atoms with Gasteiger partial charge in [0, 0.05) is 24.4 Å². The highest BCUT2D eigenvalue weighted by Gasteiger charge is 2.61. The number of amides is 2. The van der Waals surface area contributed by atoms with Crippen LogP contribution in [0.5, 0.6) is 0 Å². The van der Waals surface area contributed by atoms with E-state index in [-0.39, 0.29) is 23.7 Å². The number of fused-ring (bicyclic) bond motifs is 2. The van der Waals surface area contributed by atoms with Gasteiger partial charge in [0.25, 0.3) is 0 Å². The summed E-state index contributed by atoms with van der Waals surface area (Å²) >= 11 is 0. The Bertz CT molecular complexity index is 920. The first-order valence-electron chi connectivity index (χ1n) is 10.1. The lowest BCUT2D eigenvalue weighted by molar-refractivity contribution is -0.155. The molecule has 2 unspecified atom stereocenters. The molecular weight excluding hydrogens is 371 g/mol. The summed E-state index contributed by atoms with van der Waals surface area (Å²) in [4.78, 5) is 23.3. The van der Waals surface area contributed by atoms with Crippen LogP contribution < -0.4 is 5.32 Å². The number of carbonyl (C=O) groups is 1. The highest BCUT2D eigenvalue weighted by atomic mass is 19.1. The number of ether oxygens (including phenoxy) is 1. The van der Waals surface area contributed by atoms with E-state index in [1.807, 2.05) is 36.9 Å². The van der Waals surface area contributed by atoms with Gasteiger partial charge in [0.05, 0.1) is 24.0 Å². The molecule has 0 spiro atoms. The molecule has 2 aliphatic rings. The number of hydrogen-bond acceptors (Lipinski definition) is 4. The van der Waals surface area contributed by atoms with Crippen LogP contribution in [0.25, 0.3) is 11.4 Å². The maximum absolute atomic E-state index is 13.2. The van der Waals surface area contributed by atoms with Gasteiger partial charge in [0.1, 0.15) is 0 Å². The standard InChI is InChI=1S/C22H27FN4O2/c1-13-7-18-10-22(9-13,15(3)29-4)27(18)21(28)26-17-6-5-14(2)19(8-17)20-24-11-16(23)12-25-20/h5-6,8,11-13,15,18H,7,9-10H2,1-4H3,(H,26,28)/t13-,15-,18?,22?/m0/s1. The molecule has 2 bridgehead atoms. The Morgan fingerprint density at radius 3 is 2.76 bits per heavy atom. The Labute approximate surface area is 170 Å². The Hall–Kier alpha value is -2.54. The summed E-state index contributed by atoms with van der Waals surface area (Å²) in [5.74, 6) is 0.531. The van der Waals surface area contributed by atoms with Gasteiger partial charge < -0.3 is 15.0 Å². The van der Waals surface area contributed by atoms with Crippen LogP contribution in [0.1, 0.15) is 38.7 Å². The van der Waals surface area contributed by atoms with Crippen molar-refractivity contribution < 1.29 is 13.9 Å². The van der Waals surface area contributed by atoms with Crippen LogP contribution in [0.15, 0.2) is 30.6 Å². The minimum atomic E-state index is -0.480. The Balaban J connectivity index is 1.57. The van der Waals surface area contributed by atoms with E-state index in [1.54, 1.807) is 7.11 Å². The van der Waals surface area contributed by atoms with Crippen LogP contribution in [0.2, 0.25) is 0 Å². The van der Waals surface area contributed by atoms with Crippen molar-refractivity contribution in [2.45, 2.75) is 57.7 Å². The van der Waals surface area contributed by atoms with Gasteiger partial charge in [0.15, 0.2) is 11.6 Å². The molecule has 1 saturated carbocycles. The molecule has 2 amide bonds. The number of nitrogens with one attached hydrogen (secondary N) is 1. The minimum Gasteiger partial charge on any atom is -0.379 e. The molecular formula is C22H27FN4O2. The first-order valence-corrected chi connectivity index (χ1v) is 10.1. The van der Waals surface area contributed by atoms with Gasteiger partial charge in [0.2, 0.25) is 0 Å². The smallest absolute Gasteiger partial charge is 0.322 e. The normalized spacial score (nSPS) is 26.6. The average Bonchev–Trinajstić information content (AvgIpc) is 2.68. The van der Waals surface area contributed by atoms with Crippen molar-refractivity contribution >= 4 is 11.7 Å². The quantitative estimate of drug-likeness (QED) is 0.829. The number of piperidine rings is 1. The first kappa shape index (κ1) is 19.8. The van der Waals surface area contributed by atoms with Gasteiger partial charge in [-0.15, -0.1) is 0 Å². The number of urea groups is 1. The molecule has 7 heteroatoms. The summed E-state index contributed by atoms with van der Waals surface area (Å²) in [6.45, 7) is 6.22. The second-order valence-electron chi connectivity index (χ2n) is 8.44. The third kappa shape index (κ3) is 3.37. The van der Waals surface area contributed by atoms with Crippen LogP contribution >= 0.6 is 0 Å². The van der Waals surface area contributed by atoms with Crippen molar-refractivity contribution in [1.82, 2.24) is 14.9 Å². The Morgan fingerprint density at radius 2 is 2.07 bits per heavy atom. The van der Waals surface area contributed by atoms with Crippen LogP contribution in [-0.4, -0.2) is 45.7 Å². The van der Waals surface area contributed by atoms with E-state index in [0.717, 1.165) is 42.8 Å². The lowest BCUT2D eigenvalue weighted by Gasteiger charge is -2.65. The number of likely N-dealkylation sites (tertiary alicyclic amines) is 1. The highest BCUT2D eigenvalue weighted by molar-refractivity contribution is 5.92. The number of hydrogen-bond donors (Lipinski definition) is 1. The number of aromatic nitrogens is 2. The molecule has 2 heterocycles. The molecule has 1 N–H and O–H groups in total. The maximum Gasteiger partial charge on any atom is 0.322 e. The number of carbonyl (C=O) groups excluding carboxylic acids is 1. The van der Waals surface area contributed by atoms with Gasteiger partial charge in [-0.05, 0) is 56.7 Å². The van der Waals surface area contributed by atoms with Crippen molar-refractivity contribution in [2.75, 3.05) is 12.4 Å². The zero-order chi connectivity index (χ0) is 20.8. The summed E-state index contributed by atoms with van der Waals surface area (Å²) in [5, 5.41) is 3.04. The molecule has 2 aromatic rings. The molecule has 0 radical (unpaired) electrons. The molecule has 1 aromatic heterocycles. The molecule has 1 aromatic carbocycles. The van der Waals surface area contributed by atoms with E-state index in [1.165, 1.54) is 0 Å². The molecule has 1 saturated heterocycles. The average molecular weight is 398 g/mol. The molecule has 4 atom stereocenters.